The van der Waals surface area contributed by atoms with Gasteiger partial charge in [-0.05, 0) is 24.5 Å². The highest BCUT2D eigenvalue weighted by molar-refractivity contribution is 5.92. The molecule has 1 aliphatic heterocycles. The van der Waals surface area contributed by atoms with Crippen LogP contribution in [-0.4, -0.2) is 66.0 Å². The second-order valence-electron chi connectivity index (χ2n) is 6.50. The quantitative estimate of drug-likeness (QED) is 0.889. The van der Waals surface area contributed by atoms with E-state index in [0.717, 1.165) is 31.0 Å². The van der Waals surface area contributed by atoms with Crippen LogP contribution in [0.2, 0.25) is 0 Å². The highest BCUT2D eigenvalue weighted by Gasteiger charge is 2.24. The van der Waals surface area contributed by atoms with Crippen molar-refractivity contribution in [1.29, 1.82) is 0 Å². The van der Waals surface area contributed by atoms with Crippen LogP contribution in [0, 0.1) is 5.92 Å². The minimum Gasteiger partial charge on any atom is -0.363 e. The van der Waals surface area contributed by atoms with Crippen molar-refractivity contribution in [2.45, 2.75) is 6.42 Å². The van der Waals surface area contributed by atoms with Crippen molar-refractivity contribution in [2.24, 2.45) is 5.92 Å². The molecule has 0 saturated carbocycles. The van der Waals surface area contributed by atoms with Gasteiger partial charge in [0, 0.05) is 58.2 Å². The lowest BCUT2D eigenvalue weighted by molar-refractivity contribution is 0.0741. The van der Waals surface area contributed by atoms with Crippen molar-refractivity contribution >= 4 is 11.7 Å². The number of rotatable bonds is 4. The zero-order chi connectivity index (χ0) is 17.6. The van der Waals surface area contributed by atoms with Gasteiger partial charge in [0.1, 0.15) is 17.8 Å². The van der Waals surface area contributed by atoms with Gasteiger partial charge < -0.3 is 15.1 Å². The molecule has 1 fully saturated rings. The van der Waals surface area contributed by atoms with Gasteiger partial charge >= 0.3 is 0 Å². The Morgan fingerprint density at radius 2 is 2.20 bits per heavy atom. The Morgan fingerprint density at radius 1 is 1.32 bits per heavy atom. The molecular formula is C18H24N6O. The summed E-state index contributed by atoms with van der Waals surface area (Å²) in [6.07, 6.45) is 4.07. The lowest BCUT2D eigenvalue weighted by Gasteiger charge is -2.23. The maximum atomic E-state index is 12.7. The van der Waals surface area contributed by atoms with Crippen LogP contribution < -0.4 is 10.2 Å². The summed E-state index contributed by atoms with van der Waals surface area (Å²) >= 11 is 0. The molecule has 1 amide bonds. The highest BCUT2D eigenvalue weighted by Crippen LogP contribution is 2.15. The van der Waals surface area contributed by atoms with Gasteiger partial charge in [0.25, 0.3) is 5.91 Å². The zero-order valence-electron chi connectivity index (χ0n) is 14.7. The van der Waals surface area contributed by atoms with E-state index in [-0.39, 0.29) is 5.91 Å². The number of carbonyl (C=O) groups excluding carboxylic acids is 1. The van der Waals surface area contributed by atoms with Crippen molar-refractivity contribution in [3.63, 3.8) is 0 Å². The first-order valence-corrected chi connectivity index (χ1v) is 8.53. The monoisotopic (exact) mass is 340 g/mol. The molecule has 1 aliphatic rings. The Morgan fingerprint density at radius 3 is 2.96 bits per heavy atom. The van der Waals surface area contributed by atoms with Crippen LogP contribution in [0.5, 0.6) is 0 Å². The van der Waals surface area contributed by atoms with Crippen LogP contribution >= 0.6 is 0 Å². The Hall–Kier alpha value is -2.54. The molecule has 1 atom stereocenters. The number of aromatic nitrogens is 3. The van der Waals surface area contributed by atoms with E-state index < -0.39 is 0 Å². The number of amides is 1. The third-order valence-corrected chi connectivity index (χ3v) is 4.31. The number of nitrogens with zero attached hydrogens (tertiary/aromatic N) is 5. The average Bonchev–Trinajstić information content (AvgIpc) is 2.87. The van der Waals surface area contributed by atoms with Gasteiger partial charge in [-0.2, -0.15) is 0 Å². The van der Waals surface area contributed by atoms with E-state index in [1.54, 1.807) is 18.6 Å². The molecule has 3 rings (SSSR count). The van der Waals surface area contributed by atoms with Crippen molar-refractivity contribution in [3.05, 3.63) is 48.2 Å². The molecular weight excluding hydrogens is 316 g/mol. The Kier molecular flexibility index (Phi) is 5.55. The van der Waals surface area contributed by atoms with Gasteiger partial charge in [0.05, 0.1) is 0 Å². The summed E-state index contributed by atoms with van der Waals surface area (Å²) in [5.74, 6) is 1.19. The first kappa shape index (κ1) is 17.3. The van der Waals surface area contributed by atoms with Crippen molar-refractivity contribution in [1.82, 2.24) is 25.2 Å². The third kappa shape index (κ3) is 4.51. The second kappa shape index (κ2) is 8.02. The summed E-state index contributed by atoms with van der Waals surface area (Å²) < 4.78 is 0. The van der Waals surface area contributed by atoms with E-state index in [1.807, 2.05) is 42.1 Å². The predicted molar refractivity (Wildman–Crippen MR) is 96.6 cm³/mol. The molecule has 132 valence electrons. The molecule has 25 heavy (non-hydrogen) atoms. The largest absolute Gasteiger partial charge is 0.363 e. The second-order valence-corrected chi connectivity index (χ2v) is 6.50. The van der Waals surface area contributed by atoms with Gasteiger partial charge in [0.15, 0.2) is 0 Å². The van der Waals surface area contributed by atoms with E-state index in [9.17, 15) is 4.79 Å². The molecule has 0 bridgehead atoms. The predicted octanol–water partition coefficient (Wildman–Crippen LogP) is 0.842. The first-order chi connectivity index (χ1) is 12.1. The van der Waals surface area contributed by atoms with E-state index in [0.29, 0.717) is 24.7 Å². The van der Waals surface area contributed by atoms with Gasteiger partial charge in [-0.3, -0.25) is 9.78 Å². The first-order valence-electron chi connectivity index (χ1n) is 8.53. The molecule has 0 radical (unpaired) electrons. The van der Waals surface area contributed by atoms with Crippen LogP contribution in [0.25, 0.3) is 0 Å². The number of hydrogen-bond donors (Lipinski definition) is 1. The molecule has 0 aliphatic carbocycles. The number of carbonyl (C=O) groups is 1. The smallest absolute Gasteiger partial charge is 0.272 e. The lowest BCUT2D eigenvalue weighted by Crippen LogP contribution is -2.37. The van der Waals surface area contributed by atoms with Crippen molar-refractivity contribution in [3.8, 4) is 0 Å². The average molecular weight is 340 g/mol. The molecule has 2 aromatic rings. The molecule has 0 spiro atoms. The Labute approximate surface area is 148 Å². The van der Waals surface area contributed by atoms with E-state index in [4.69, 9.17) is 0 Å². The molecule has 3 heterocycles. The summed E-state index contributed by atoms with van der Waals surface area (Å²) in [5.41, 5.74) is 1.50. The van der Waals surface area contributed by atoms with E-state index >= 15 is 0 Å². The standard InChI is InChI=1S/C18H24N6O/c1-23(2)17-10-15(21-13-22-17)9-14-11-19-7-8-24(12-14)18(25)16-5-3-4-6-20-16/h3-6,10,13-14,19H,7-9,11-12H2,1-2H3/t14-/m0/s1. The van der Waals surface area contributed by atoms with Gasteiger partial charge in [0.2, 0.25) is 0 Å². The summed E-state index contributed by atoms with van der Waals surface area (Å²) in [5, 5.41) is 3.42. The van der Waals surface area contributed by atoms with Gasteiger partial charge in [-0.15, -0.1) is 0 Å². The lowest BCUT2D eigenvalue weighted by atomic mass is 10.0. The minimum atomic E-state index is -0.00836. The van der Waals surface area contributed by atoms with Crippen LogP contribution in [0.3, 0.4) is 0 Å². The molecule has 0 aromatic carbocycles. The molecule has 1 saturated heterocycles. The summed E-state index contributed by atoms with van der Waals surface area (Å²) in [6.45, 7) is 3.05. The maximum absolute atomic E-state index is 12.7. The number of nitrogens with one attached hydrogen (secondary N) is 1. The SMILES string of the molecule is CN(C)c1cc(C[C@H]2CNCCN(C(=O)c3ccccn3)C2)ncn1. The highest BCUT2D eigenvalue weighted by atomic mass is 16.2. The van der Waals surface area contributed by atoms with Crippen molar-refractivity contribution < 1.29 is 4.79 Å². The maximum Gasteiger partial charge on any atom is 0.272 e. The third-order valence-electron chi connectivity index (χ3n) is 4.31. The van der Waals surface area contributed by atoms with Crippen LogP contribution in [0.15, 0.2) is 36.8 Å². The molecule has 7 nitrogen and oxygen atoms in total. The molecule has 0 unspecified atom stereocenters. The van der Waals surface area contributed by atoms with E-state index in [2.05, 4.69) is 20.3 Å². The van der Waals surface area contributed by atoms with Crippen LogP contribution in [0.1, 0.15) is 16.2 Å². The van der Waals surface area contributed by atoms with Crippen LogP contribution in [-0.2, 0) is 6.42 Å². The zero-order valence-corrected chi connectivity index (χ0v) is 14.7. The summed E-state index contributed by atoms with van der Waals surface area (Å²) in [6, 6.07) is 7.44. The fraction of sp³-hybridized carbons (Fsp3) is 0.444. The fourth-order valence-corrected chi connectivity index (χ4v) is 3.00. The van der Waals surface area contributed by atoms with Crippen LogP contribution in [0.4, 0.5) is 5.82 Å². The number of pyridine rings is 1. The summed E-state index contributed by atoms with van der Waals surface area (Å²) in [7, 11) is 3.93. The van der Waals surface area contributed by atoms with Gasteiger partial charge in [-0.1, -0.05) is 6.07 Å². The molecule has 7 heteroatoms. The van der Waals surface area contributed by atoms with Gasteiger partial charge in [-0.25, -0.2) is 9.97 Å². The fourth-order valence-electron chi connectivity index (χ4n) is 3.00. The number of hydrogen-bond acceptors (Lipinski definition) is 6. The Bertz CT molecular complexity index is 706. The minimum absolute atomic E-state index is 0.00836. The van der Waals surface area contributed by atoms with Crippen molar-refractivity contribution in [2.75, 3.05) is 45.2 Å². The molecule has 1 N–H and O–H groups in total. The molecule has 2 aromatic heterocycles. The topological polar surface area (TPSA) is 74.2 Å². The summed E-state index contributed by atoms with van der Waals surface area (Å²) in [4.78, 5) is 29.4. The number of anilines is 1. The normalized spacial score (nSPS) is 17.8. The van der Waals surface area contributed by atoms with E-state index in [1.165, 1.54) is 0 Å². The Balaban J connectivity index is 1.70.